The lowest BCUT2D eigenvalue weighted by Crippen LogP contribution is -2.42. The highest BCUT2D eigenvalue weighted by atomic mass is 32.1. The molecule has 2 aromatic rings. The minimum atomic E-state index is -0.193. The van der Waals surface area contributed by atoms with Crippen molar-refractivity contribution < 1.29 is 9.59 Å². The minimum absolute atomic E-state index is 0.0974. The van der Waals surface area contributed by atoms with Crippen LogP contribution in [-0.2, 0) is 11.2 Å². The molecule has 0 aliphatic carbocycles. The van der Waals surface area contributed by atoms with Crippen molar-refractivity contribution >= 4 is 23.2 Å². The topological polar surface area (TPSA) is 49.4 Å². The summed E-state index contributed by atoms with van der Waals surface area (Å²) in [5.74, 6) is -0.0390. The van der Waals surface area contributed by atoms with Crippen molar-refractivity contribution in [2.45, 2.75) is 38.8 Å². The van der Waals surface area contributed by atoms with Crippen LogP contribution in [0.1, 0.15) is 47.1 Å². The molecular formula is C19H22N2O2S. The van der Waals surface area contributed by atoms with Gasteiger partial charge in [0, 0.05) is 29.4 Å². The largest absolute Gasteiger partial charge is 0.349 e. The minimum Gasteiger partial charge on any atom is -0.349 e. The third kappa shape index (κ3) is 3.51. The molecule has 126 valence electrons. The summed E-state index contributed by atoms with van der Waals surface area (Å²) in [6.07, 6.45) is 1.25. The van der Waals surface area contributed by atoms with E-state index in [0.29, 0.717) is 12.0 Å². The van der Waals surface area contributed by atoms with Crippen LogP contribution in [0.5, 0.6) is 0 Å². The van der Waals surface area contributed by atoms with Crippen LogP contribution in [0, 0.1) is 0 Å². The monoisotopic (exact) mass is 342 g/mol. The summed E-state index contributed by atoms with van der Waals surface area (Å²) in [6.45, 7) is 4.71. The smallest absolute Gasteiger partial charge is 0.251 e. The highest BCUT2D eigenvalue weighted by Crippen LogP contribution is 2.33. The molecule has 4 nitrogen and oxygen atoms in total. The number of carbonyl (C=O) groups excluding carboxylic acids is 2. The first-order valence-corrected chi connectivity index (χ1v) is 9.16. The Balaban J connectivity index is 1.58. The van der Waals surface area contributed by atoms with Gasteiger partial charge in [-0.25, -0.2) is 0 Å². The number of amides is 2. The Morgan fingerprint density at radius 3 is 2.79 bits per heavy atom. The van der Waals surface area contributed by atoms with E-state index in [4.69, 9.17) is 0 Å². The van der Waals surface area contributed by atoms with Crippen LogP contribution < -0.4 is 5.32 Å². The average Bonchev–Trinajstić information content (AvgIpc) is 3.05. The molecule has 0 saturated carbocycles. The zero-order valence-corrected chi connectivity index (χ0v) is 14.8. The zero-order chi connectivity index (χ0) is 17.1. The van der Waals surface area contributed by atoms with Crippen LogP contribution in [0.3, 0.4) is 0 Å². The molecule has 2 amide bonds. The van der Waals surface area contributed by atoms with E-state index in [1.165, 1.54) is 10.4 Å². The van der Waals surface area contributed by atoms with E-state index in [0.717, 1.165) is 13.0 Å². The molecule has 1 aliphatic heterocycles. The van der Waals surface area contributed by atoms with Gasteiger partial charge in [-0.1, -0.05) is 18.2 Å². The van der Waals surface area contributed by atoms with Crippen LogP contribution in [0.4, 0.5) is 0 Å². The predicted octanol–water partition coefficient (Wildman–Crippen LogP) is 3.40. The first-order valence-electron chi connectivity index (χ1n) is 8.28. The molecule has 0 fully saturated rings. The Hall–Kier alpha value is -2.14. The molecule has 1 aliphatic rings. The molecular weight excluding hydrogens is 320 g/mol. The zero-order valence-electron chi connectivity index (χ0n) is 14.0. The van der Waals surface area contributed by atoms with E-state index < -0.39 is 0 Å². The van der Waals surface area contributed by atoms with Gasteiger partial charge < -0.3 is 10.2 Å². The number of rotatable bonds is 4. The van der Waals surface area contributed by atoms with Crippen molar-refractivity contribution in [3.05, 3.63) is 57.8 Å². The second kappa shape index (κ2) is 7.18. The molecule has 2 unspecified atom stereocenters. The maximum Gasteiger partial charge on any atom is 0.251 e. The van der Waals surface area contributed by atoms with E-state index in [1.54, 1.807) is 23.5 Å². The summed E-state index contributed by atoms with van der Waals surface area (Å²) in [5.41, 5.74) is 1.88. The lowest BCUT2D eigenvalue weighted by molar-refractivity contribution is -0.134. The molecule has 1 aromatic heterocycles. The molecule has 0 radical (unpaired) electrons. The van der Waals surface area contributed by atoms with Gasteiger partial charge in [0.1, 0.15) is 0 Å². The molecule has 3 rings (SSSR count). The molecule has 2 atom stereocenters. The Labute approximate surface area is 146 Å². The summed E-state index contributed by atoms with van der Waals surface area (Å²) in [7, 11) is 0. The summed E-state index contributed by atoms with van der Waals surface area (Å²) < 4.78 is 0. The van der Waals surface area contributed by atoms with Gasteiger partial charge in [-0.05, 0) is 49.4 Å². The summed E-state index contributed by atoms with van der Waals surface area (Å²) in [4.78, 5) is 28.1. The van der Waals surface area contributed by atoms with Gasteiger partial charge in [0.25, 0.3) is 5.91 Å². The van der Waals surface area contributed by atoms with Gasteiger partial charge in [0.15, 0.2) is 0 Å². The van der Waals surface area contributed by atoms with Gasteiger partial charge in [0.2, 0.25) is 5.91 Å². The number of nitrogens with one attached hydrogen (secondary N) is 1. The molecule has 0 bridgehead atoms. The summed E-state index contributed by atoms with van der Waals surface area (Å²) >= 11 is 1.77. The number of hydrogen-bond donors (Lipinski definition) is 1. The fraction of sp³-hybridized carbons (Fsp3) is 0.368. The Bertz CT molecular complexity index is 726. The van der Waals surface area contributed by atoms with Crippen molar-refractivity contribution in [1.82, 2.24) is 10.2 Å². The van der Waals surface area contributed by atoms with Crippen molar-refractivity contribution in [2.24, 2.45) is 0 Å². The van der Waals surface area contributed by atoms with E-state index in [9.17, 15) is 9.59 Å². The summed E-state index contributed by atoms with van der Waals surface area (Å²) in [6, 6.07) is 11.1. The molecule has 0 spiro atoms. The second-order valence-corrected chi connectivity index (χ2v) is 7.26. The van der Waals surface area contributed by atoms with Gasteiger partial charge in [-0.2, -0.15) is 0 Å². The predicted molar refractivity (Wildman–Crippen MR) is 96.1 cm³/mol. The van der Waals surface area contributed by atoms with Crippen molar-refractivity contribution in [2.75, 3.05) is 6.54 Å². The highest BCUT2D eigenvalue weighted by Gasteiger charge is 2.29. The molecule has 1 aromatic carbocycles. The number of nitrogens with zero attached hydrogens (tertiary/aromatic N) is 1. The van der Waals surface area contributed by atoms with E-state index in [-0.39, 0.29) is 23.9 Å². The SMILES string of the molecule is CC(CC(=O)N1CCc2sccc2C1C)NC(=O)c1ccccc1. The van der Waals surface area contributed by atoms with Gasteiger partial charge in [-0.3, -0.25) is 9.59 Å². The Kier molecular flexibility index (Phi) is 5.00. The second-order valence-electron chi connectivity index (χ2n) is 6.26. The number of hydrogen-bond acceptors (Lipinski definition) is 3. The maximum absolute atomic E-state index is 12.6. The van der Waals surface area contributed by atoms with Gasteiger partial charge >= 0.3 is 0 Å². The quantitative estimate of drug-likeness (QED) is 0.926. The van der Waals surface area contributed by atoms with Gasteiger partial charge in [0.05, 0.1) is 6.04 Å². The van der Waals surface area contributed by atoms with Crippen LogP contribution in [0.25, 0.3) is 0 Å². The van der Waals surface area contributed by atoms with Gasteiger partial charge in [-0.15, -0.1) is 11.3 Å². The van der Waals surface area contributed by atoms with Crippen LogP contribution in [-0.4, -0.2) is 29.3 Å². The summed E-state index contributed by atoms with van der Waals surface area (Å²) in [5, 5.41) is 5.01. The molecule has 24 heavy (non-hydrogen) atoms. The molecule has 5 heteroatoms. The fourth-order valence-corrected chi connectivity index (χ4v) is 4.14. The number of benzene rings is 1. The lowest BCUT2D eigenvalue weighted by atomic mass is 10.0. The van der Waals surface area contributed by atoms with E-state index in [2.05, 4.69) is 23.7 Å². The first-order chi connectivity index (χ1) is 11.6. The third-order valence-electron chi connectivity index (χ3n) is 4.49. The average molecular weight is 342 g/mol. The van der Waals surface area contributed by atoms with E-state index >= 15 is 0 Å². The number of thiophene rings is 1. The maximum atomic E-state index is 12.6. The Morgan fingerprint density at radius 2 is 2.04 bits per heavy atom. The molecule has 2 heterocycles. The highest BCUT2D eigenvalue weighted by molar-refractivity contribution is 7.10. The lowest BCUT2D eigenvalue weighted by Gasteiger charge is -2.34. The number of fused-ring (bicyclic) bond motifs is 1. The van der Waals surface area contributed by atoms with Crippen molar-refractivity contribution in [3.8, 4) is 0 Å². The fourth-order valence-electron chi connectivity index (χ4n) is 3.18. The molecule has 1 N–H and O–H groups in total. The standard InChI is InChI=1S/C19H22N2O2S/c1-13(20-19(23)15-6-4-3-5-7-15)12-18(22)21-10-8-17-16(14(21)2)9-11-24-17/h3-7,9,11,13-14H,8,10,12H2,1-2H3,(H,20,23). The molecule has 0 saturated heterocycles. The normalized spacial score (nSPS) is 17.9. The Morgan fingerprint density at radius 1 is 1.29 bits per heavy atom. The number of carbonyl (C=O) groups is 2. The van der Waals surface area contributed by atoms with Crippen LogP contribution in [0.2, 0.25) is 0 Å². The van der Waals surface area contributed by atoms with Crippen molar-refractivity contribution in [3.63, 3.8) is 0 Å². The van der Waals surface area contributed by atoms with Crippen LogP contribution in [0.15, 0.2) is 41.8 Å². The third-order valence-corrected chi connectivity index (χ3v) is 5.49. The van der Waals surface area contributed by atoms with Crippen molar-refractivity contribution in [1.29, 1.82) is 0 Å². The van der Waals surface area contributed by atoms with Crippen LogP contribution >= 0.6 is 11.3 Å². The van der Waals surface area contributed by atoms with E-state index in [1.807, 2.05) is 30.0 Å². The first kappa shape index (κ1) is 16.7.